The van der Waals surface area contributed by atoms with Crippen molar-refractivity contribution in [3.63, 3.8) is 0 Å². The molecule has 6 heteroatoms. The van der Waals surface area contributed by atoms with Gasteiger partial charge in [0.1, 0.15) is 18.0 Å². The van der Waals surface area contributed by atoms with Crippen LogP contribution in [0.5, 0.6) is 0 Å². The lowest BCUT2D eigenvalue weighted by atomic mass is 10.1. The third kappa shape index (κ3) is 2.96. The van der Waals surface area contributed by atoms with Gasteiger partial charge in [0.2, 0.25) is 0 Å². The largest absolute Gasteiger partial charge is 0.351 e. The highest BCUT2D eigenvalue weighted by molar-refractivity contribution is 5.59. The van der Waals surface area contributed by atoms with Gasteiger partial charge in [-0.2, -0.15) is 0 Å². The fourth-order valence-electron chi connectivity index (χ4n) is 2.71. The molecule has 1 unspecified atom stereocenters. The molecule has 3 N–H and O–H groups in total. The molecule has 1 fully saturated rings. The third-order valence-electron chi connectivity index (χ3n) is 3.66. The molecule has 1 atom stereocenters. The Kier molecular flexibility index (Phi) is 4.55. The van der Waals surface area contributed by atoms with E-state index in [1.807, 2.05) is 0 Å². The minimum atomic E-state index is 0.454. The molecule has 19 heavy (non-hydrogen) atoms. The van der Waals surface area contributed by atoms with Crippen molar-refractivity contribution >= 4 is 11.6 Å². The zero-order valence-electron chi connectivity index (χ0n) is 12.1. The van der Waals surface area contributed by atoms with Crippen LogP contribution in [0.15, 0.2) is 6.33 Å². The summed E-state index contributed by atoms with van der Waals surface area (Å²) in [7, 11) is 2.16. The van der Waals surface area contributed by atoms with Crippen molar-refractivity contribution in [1.82, 2.24) is 14.9 Å². The molecule has 0 radical (unpaired) electrons. The van der Waals surface area contributed by atoms with Crippen LogP contribution in [0.4, 0.5) is 11.6 Å². The molecule has 0 amide bonds. The summed E-state index contributed by atoms with van der Waals surface area (Å²) in [6, 6.07) is 0.454. The van der Waals surface area contributed by atoms with Gasteiger partial charge in [-0.25, -0.2) is 15.8 Å². The first-order chi connectivity index (χ1) is 9.17. The smallest absolute Gasteiger partial charge is 0.148 e. The molecule has 2 heterocycles. The van der Waals surface area contributed by atoms with E-state index in [0.717, 1.165) is 49.7 Å². The molecule has 0 bridgehead atoms. The number of hydrazine groups is 1. The summed E-state index contributed by atoms with van der Waals surface area (Å²) >= 11 is 0. The van der Waals surface area contributed by atoms with Gasteiger partial charge in [0, 0.05) is 31.2 Å². The Hall–Kier alpha value is -1.40. The molecule has 1 aromatic rings. The van der Waals surface area contributed by atoms with Crippen LogP contribution in [0.3, 0.4) is 0 Å². The van der Waals surface area contributed by atoms with Crippen molar-refractivity contribution in [2.75, 3.05) is 37.0 Å². The molecule has 0 aromatic carbocycles. The van der Waals surface area contributed by atoms with Gasteiger partial charge in [-0.1, -0.05) is 13.3 Å². The molecule has 0 aliphatic carbocycles. The van der Waals surface area contributed by atoms with E-state index in [1.165, 1.54) is 0 Å². The average molecular weight is 264 g/mol. The van der Waals surface area contributed by atoms with Crippen molar-refractivity contribution in [3.05, 3.63) is 11.9 Å². The van der Waals surface area contributed by atoms with Gasteiger partial charge < -0.3 is 15.2 Å². The third-order valence-corrected chi connectivity index (χ3v) is 3.66. The maximum absolute atomic E-state index is 5.57. The monoisotopic (exact) mass is 264 g/mol. The first-order valence-electron chi connectivity index (χ1n) is 6.93. The average Bonchev–Trinajstić information content (AvgIpc) is 2.40. The van der Waals surface area contributed by atoms with Gasteiger partial charge in [-0.3, -0.25) is 0 Å². The highest BCUT2D eigenvalue weighted by Crippen LogP contribution is 2.27. The number of hydrogen-bond acceptors (Lipinski definition) is 6. The normalized spacial score (nSPS) is 20.6. The number of nitrogens with one attached hydrogen (secondary N) is 1. The quantitative estimate of drug-likeness (QED) is 0.621. The number of anilines is 2. The first kappa shape index (κ1) is 14.0. The number of rotatable bonds is 4. The van der Waals surface area contributed by atoms with Crippen LogP contribution in [0.25, 0.3) is 0 Å². The number of nitrogens with two attached hydrogens (primary N) is 1. The summed E-state index contributed by atoms with van der Waals surface area (Å²) in [6.07, 6.45) is 3.58. The summed E-state index contributed by atoms with van der Waals surface area (Å²) in [6.45, 7) is 7.51. The van der Waals surface area contributed by atoms with E-state index in [0.29, 0.717) is 6.04 Å². The van der Waals surface area contributed by atoms with Crippen molar-refractivity contribution < 1.29 is 0 Å². The first-order valence-corrected chi connectivity index (χ1v) is 6.93. The number of likely N-dealkylation sites (N-methyl/N-ethyl adjacent to an activating group) is 1. The molecule has 2 rings (SSSR count). The maximum Gasteiger partial charge on any atom is 0.148 e. The van der Waals surface area contributed by atoms with Crippen LogP contribution in [-0.2, 0) is 6.42 Å². The Morgan fingerprint density at radius 2 is 2.21 bits per heavy atom. The van der Waals surface area contributed by atoms with Crippen molar-refractivity contribution in [2.24, 2.45) is 5.84 Å². The van der Waals surface area contributed by atoms with Gasteiger partial charge in [0.05, 0.1) is 0 Å². The molecule has 1 aromatic heterocycles. The zero-order chi connectivity index (χ0) is 13.8. The summed E-state index contributed by atoms with van der Waals surface area (Å²) in [5, 5.41) is 0. The van der Waals surface area contributed by atoms with Crippen molar-refractivity contribution in [2.45, 2.75) is 32.7 Å². The fourth-order valence-corrected chi connectivity index (χ4v) is 2.71. The molecule has 0 spiro atoms. The van der Waals surface area contributed by atoms with Gasteiger partial charge in [0.25, 0.3) is 0 Å². The molecule has 106 valence electrons. The Morgan fingerprint density at radius 1 is 1.42 bits per heavy atom. The second-order valence-corrected chi connectivity index (χ2v) is 5.22. The van der Waals surface area contributed by atoms with Gasteiger partial charge in [-0.15, -0.1) is 0 Å². The maximum atomic E-state index is 5.57. The van der Waals surface area contributed by atoms with Crippen molar-refractivity contribution in [1.29, 1.82) is 0 Å². The van der Waals surface area contributed by atoms with E-state index in [2.05, 4.69) is 46.1 Å². The second kappa shape index (κ2) is 6.16. The van der Waals surface area contributed by atoms with Crippen LogP contribution in [0.2, 0.25) is 0 Å². The standard InChI is InChI=1S/C13H24N6/c1-4-5-11-12(17-14)15-9-16-13(11)19-7-6-18(3)8-10(19)2/h9-10H,4-8,14H2,1-3H3,(H,15,16,17). The van der Waals surface area contributed by atoms with E-state index in [-0.39, 0.29) is 0 Å². The minimum absolute atomic E-state index is 0.454. The summed E-state index contributed by atoms with van der Waals surface area (Å²) in [5.74, 6) is 7.35. The number of nitrogen functional groups attached to an aromatic ring is 1. The molecule has 1 aliphatic heterocycles. The Labute approximate surface area is 115 Å². The molecule has 0 saturated carbocycles. The highest BCUT2D eigenvalue weighted by Gasteiger charge is 2.25. The Morgan fingerprint density at radius 3 is 2.84 bits per heavy atom. The van der Waals surface area contributed by atoms with Gasteiger partial charge in [0.15, 0.2) is 0 Å². The number of nitrogens with zero attached hydrogens (tertiary/aromatic N) is 4. The van der Waals surface area contributed by atoms with E-state index in [9.17, 15) is 0 Å². The van der Waals surface area contributed by atoms with Gasteiger partial charge in [-0.05, 0) is 20.4 Å². The van der Waals surface area contributed by atoms with Crippen LogP contribution >= 0.6 is 0 Å². The lowest BCUT2D eigenvalue weighted by molar-refractivity contribution is 0.274. The van der Waals surface area contributed by atoms with E-state index >= 15 is 0 Å². The predicted molar refractivity (Wildman–Crippen MR) is 78.1 cm³/mol. The predicted octanol–water partition coefficient (Wildman–Crippen LogP) is 0.855. The molecular formula is C13H24N6. The minimum Gasteiger partial charge on any atom is -0.351 e. The molecule has 1 saturated heterocycles. The van der Waals surface area contributed by atoms with Crippen LogP contribution in [-0.4, -0.2) is 47.6 Å². The number of aromatic nitrogens is 2. The Balaban J connectivity index is 2.32. The molecule has 1 aliphatic rings. The lowest BCUT2D eigenvalue weighted by Crippen LogP contribution is -2.51. The summed E-state index contributed by atoms with van der Waals surface area (Å²) in [5.41, 5.74) is 3.82. The Bertz CT molecular complexity index is 422. The topological polar surface area (TPSA) is 70.3 Å². The fraction of sp³-hybridized carbons (Fsp3) is 0.692. The summed E-state index contributed by atoms with van der Waals surface area (Å²) in [4.78, 5) is 13.5. The second-order valence-electron chi connectivity index (χ2n) is 5.22. The van der Waals surface area contributed by atoms with Crippen LogP contribution in [0.1, 0.15) is 25.8 Å². The number of piperazine rings is 1. The summed E-state index contributed by atoms with van der Waals surface area (Å²) < 4.78 is 0. The highest BCUT2D eigenvalue weighted by atomic mass is 15.3. The number of hydrogen-bond donors (Lipinski definition) is 2. The van der Waals surface area contributed by atoms with E-state index in [1.54, 1.807) is 6.33 Å². The van der Waals surface area contributed by atoms with E-state index in [4.69, 9.17) is 5.84 Å². The van der Waals surface area contributed by atoms with E-state index < -0.39 is 0 Å². The van der Waals surface area contributed by atoms with Gasteiger partial charge >= 0.3 is 0 Å². The molecule has 6 nitrogen and oxygen atoms in total. The van der Waals surface area contributed by atoms with Crippen LogP contribution in [0, 0.1) is 0 Å². The van der Waals surface area contributed by atoms with Crippen LogP contribution < -0.4 is 16.2 Å². The van der Waals surface area contributed by atoms with Crippen molar-refractivity contribution in [3.8, 4) is 0 Å². The zero-order valence-corrected chi connectivity index (χ0v) is 12.1. The lowest BCUT2D eigenvalue weighted by Gasteiger charge is -2.39. The SMILES string of the molecule is CCCc1c(NN)ncnc1N1CCN(C)CC1C. The molecular weight excluding hydrogens is 240 g/mol.